The summed E-state index contributed by atoms with van der Waals surface area (Å²) in [6.45, 7) is 0.539. The second kappa shape index (κ2) is 11.2. The number of imide groups is 1. The molecule has 1 saturated heterocycles. The highest BCUT2D eigenvalue weighted by Crippen LogP contribution is 2.32. The molecule has 34 heavy (non-hydrogen) atoms. The number of nitrogens with zero attached hydrogens (tertiary/aromatic N) is 2. The molecule has 1 aliphatic rings. The average molecular weight is 494 g/mol. The van der Waals surface area contributed by atoms with Crippen molar-refractivity contribution in [2.75, 3.05) is 23.9 Å². The molecule has 0 unspecified atom stereocenters. The van der Waals surface area contributed by atoms with E-state index in [1.54, 1.807) is 43.5 Å². The maximum Gasteiger partial charge on any atom is 0.247 e. The average Bonchev–Trinajstić information content (AvgIpc) is 3.12. The number of ether oxygens (including phenoxy) is 1. The quantitative estimate of drug-likeness (QED) is 0.270. The largest absolute Gasteiger partial charge is 0.497 e. The van der Waals surface area contributed by atoms with E-state index < -0.39 is 5.25 Å². The van der Waals surface area contributed by atoms with Gasteiger partial charge in [-0.25, -0.2) is 4.90 Å². The third kappa shape index (κ3) is 5.98. The van der Waals surface area contributed by atoms with Gasteiger partial charge < -0.3 is 10.1 Å². The highest BCUT2D eigenvalue weighted by molar-refractivity contribution is 8.15. The number of thioether (sulfide) groups is 1. The Morgan fingerprint density at radius 3 is 2.56 bits per heavy atom. The third-order valence-corrected chi connectivity index (χ3v) is 6.61. The summed E-state index contributed by atoms with van der Waals surface area (Å²) < 4.78 is 5.17. The van der Waals surface area contributed by atoms with E-state index in [0.29, 0.717) is 28.2 Å². The molecule has 0 aromatic heterocycles. The molecule has 0 radical (unpaired) electrons. The molecule has 1 N–H and O–H groups in total. The maximum absolute atomic E-state index is 13.2. The third-order valence-electron chi connectivity index (χ3n) is 5.26. The Labute approximate surface area is 208 Å². The van der Waals surface area contributed by atoms with Gasteiger partial charge in [0.1, 0.15) is 11.0 Å². The molecule has 1 atom stereocenters. The fraction of sp³-hybridized carbons (Fsp3) is 0.192. The van der Waals surface area contributed by atoms with Crippen LogP contribution in [-0.2, 0) is 16.0 Å². The lowest BCUT2D eigenvalue weighted by molar-refractivity contribution is -0.121. The molecule has 0 bridgehead atoms. The van der Waals surface area contributed by atoms with Gasteiger partial charge in [-0.1, -0.05) is 59.8 Å². The van der Waals surface area contributed by atoms with Crippen molar-refractivity contribution in [3.8, 4) is 5.75 Å². The van der Waals surface area contributed by atoms with Crippen LogP contribution in [-0.4, -0.2) is 35.9 Å². The Balaban J connectivity index is 1.50. The number of methoxy groups -OCH3 is 1. The number of benzene rings is 3. The van der Waals surface area contributed by atoms with Gasteiger partial charge in [0.25, 0.3) is 0 Å². The second-order valence-electron chi connectivity index (χ2n) is 7.63. The fourth-order valence-corrected chi connectivity index (χ4v) is 4.80. The van der Waals surface area contributed by atoms with E-state index in [1.807, 2.05) is 30.3 Å². The van der Waals surface area contributed by atoms with Crippen molar-refractivity contribution in [2.45, 2.75) is 18.1 Å². The Morgan fingerprint density at radius 1 is 1.09 bits per heavy atom. The Bertz CT molecular complexity index is 1190. The van der Waals surface area contributed by atoms with E-state index in [4.69, 9.17) is 21.3 Å². The van der Waals surface area contributed by atoms with E-state index in [2.05, 4.69) is 17.4 Å². The first-order valence-electron chi connectivity index (χ1n) is 10.8. The smallest absolute Gasteiger partial charge is 0.247 e. The number of aliphatic imine (C=N–C) groups is 1. The first kappa shape index (κ1) is 23.9. The number of amides is 2. The zero-order valence-corrected chi connectivity index (χ0v) is 20.2. The van der Waals surface area contributed by atoms with Gasteiger partial charge >= 0.3 is 0 Å². The minimum Gasteiger partial charge on any atom is -0.497 e. The van der Waals surface area contributed by atoms with Gasteiger partial charge in [0.05, 0.1) is 12.8 Å². The van der Waals surface area contributed by atoms with Crippen LogP contribution in [0.1, 0.15) is 12.0 Å². The van der Waals surface area contributed by atoms with Crippen LogP contribution in [0.5, 0.6) is 5.75 Å². The highest BCUT2D eigenvalue weighted by atomic mass is 35.5. The van der Waals surface area contributed by atoms with Gasteiger partial charge in [0.2, 0.25) is 11.8 Å². The summed E-state index contributed by atoms with van der Waals surface area (Å²) in [7, 11) is 1.57. The van der Waals surface area contributed by atoms with E-state index in [1.165, 1.54) is 22.2 Å². The highest BCUT2D eigenvalue weighted by Gasteiger charge is 2.40. The summed E-state index contributed by atoms with van der Waals surface area (Å²) in [4.78, 5) is 31.8. The van der Waals surface area contributed by atoms with E-state index in [9.17, 15) is 9.59 Å². The molecular weight excluding hydrogens is 470 g/mol. The van der Waals surface area contributed by atoms with Gasteiger partial charge in [0.15, 0.2) is 5.17 Å². The standard InChI is InChI=1S/C26H24ClN3O3S/c1-33-22-12-10-21(11-13-22)30-24(31)17-23(25(30)32)34-26(29-20-9-5-8-19(27)16-20)28-15-14-18-6-3-2-4-7-18/h2-13,16,23H,14-15,17H2,1H3,(H,28,29)/t23-/m0/s1. The van der Waals surface area contributed by atoms with Crippen LogP contribution in [0.2, 0.25) is 5.02 Å². The van der Waals surface area contributed by atoms with Crippen LogP contribution in [0.25, 0.3) is 0 Å². The number of rotatable bonds is 7. The van der Waals surface area contributed by atoms with Crippen molar-refractivity contribution in [1.29, 1.82) is 0 Å². The summed E-state index contributed by atoms with van der Waals surface area (Å²) in [5, 5.41) is 3.86. The number of nitrogens with one attached hydrogen (secondary N) is 1. The lowest BCUT2D eigenvalue weighted by Gasteiger charge is -2.16. The summed E-state index contributed by atoms with van der Waals surface area (Å²) in [6, 6.07) is 24.3. The summed E-state index contributed by atoms with van der Waals surface area (Å²) in [5.74, 6) is 0.162. The van der Waals surface area contributed by atoms with E-state index in [-0.39, 0.29) is 18.2 Å². The Hall–Kier alpha value is -3.29. The van der Waals surface area contributed by atoms with Crippen molar-refractivity contribution in [2.24, 2.45) is 4.99 Å². The van der Waals surface area contributed by atoms with Crippen molar-refractivity contribution in [3.63, 3.8) is 0 Å². The van der Waals surface area contributed by atoms with Crippen molar-refractivity contribution >= 4 is 51.7 Å². The molecule has 1 aliphatic heterocycles. The Kier molecular flexibility index (Phi) is 7.87. The molecule has 0 saturated carbocycles. The molecule has 3 aromatic rings. The monoisotopic (exact) mass is 493 g/mol. The first-order valence-corrected chi connectivity index (χ1v) is 12.1. The minimum absolute atomic E-state index is 0.102. The molecule has 0 aliphatic carbocycles. The van der Waals surface area contributed by atoms with Crippen LogP contribution in [0.4, 0.5) is 11.4 Å². The molecule has 174 valence electrons. The number of hydrogen-bond donors (Lipinski definition) is 1. The zero-order chi connectivity index (χ0) is 23.9. The molecule has 2 amide bonds. The van der Waals surface area contributed by atoms with Gasteiger partial charge in [-0.15, -0.1) is 0 Å². The molecule has 8 heteroatoms. The zero-order valence-electron chi connectivity index (χ0n) is 18.6. The number of carbonyl (C=O) groups excluding carboxylic acids is 2. The predicted octanol–water partition coefficient (Wildman–Crippen LogP) is 5.42. The number of carbonyl (C=O) groups is 2. The number of hydrogen-bond acceptors (Lipinski definition) is 5. The van der Waals surface area contributed by atoms with Gasteiger partial charge in [-0.2, -0.15) is 0 Å². The summed E-state index contributed by atoms with van der Waals surface area (Å²) in [6.07, 6.45) is 0.863. The van der Waals surface area contributed by atoms with Crippen LogP contribution in [0.15, 0.2) is 83.9 Å². The number of amidine groups is 1. The first-order chi connectivity index (χ1) is 16.5. The molecule has 1 heterocycles. The lowest BCUT2D eigenvalue weighted by atomic mass is 10.2. The molecule has 1 fully saturated rings. The maximum atomic E-state index is 13.2. The number of anilines is 2. The van der Waals surface area contributed by atoms with Crippen molar-refractivity contribution in [1.82, 2.24) is 0 Å². The Morgan fingerprint density at radius 2 is 1.85 bits per heavy atom. The predicted molar refractivity (Wildman–Crippen MR) is 139 cm³/mol. The van der Waals surface area contributed by atoms with Crippen LogP contribution >= 0.6 is 23.4 Å². The van der Waals surface area contributed by atoms with E-state index in [0.717, 1.165) is 12.1 Å². The topological polar surface area (TPSA) is 71.0 Å². The van der Waals surface area contributed by atoms with Gasteiger partial charge in [-0.3, -0.25) is 14.6 Å². The van der Waals surface area contributed by atoms with Crippen LogP contribution in [0, 0.1) is 0 Å². The summed E-state index contributed by atoms with van der Waals surface area (Å²) in [5.41, 5.74) is 2.47. The summed E-state index contributed by atoms with van der Waals surface area (Å²) >= 11 is 7.40. The van der Waals surface area contributed by atoms with Crippen molar-refractivity contribution in [3.05, 3.63) is 89.4 Å². The molecule has 6 nitrogen and oxygen atoms in total. The van der Waals surface area contributed by atoms with Gasteiger partial charge in [-0.05, 0) is 54.4 Å². The minimum atomic E-state index is -0.572. The molecule has 0 spiro atoms. The number of halogens is 1. The fourth-order valence-electron chi connectivity index (χ4n) is 3.56. The molecular formula is C26H24ClN3O3S. The van der Waals surface area contributed by atoms with Crippen LogP contribution in [0.3, 0.4) is 0 Å². The normalized spacial score (nSPS) is 16.1. The lowest BCUT2D eigenvalue weighted by Crippen LogP contribution is -2.31. The SMILES string of the molecule is COc1ccc(N2C(=O)C[C@H](SC(=NCCc3ccccc3)Nc3cccc(Cl)c3)C2=O)cc1. The van der Waals surface area contributed by atoms with E-state index >= 15 is 0 Å². The molecule has 3 aromatic carbocycles. The second-order valence-corrected chi connectivity index (χ2v) is 9.26. The van der Waals surface area contributed by atoms with Crippen LogP contribution < -0.4 is 15.0 Å². The van der Waals surface area contributed by atoms with Gasteiger partial charge in [0, 0.05) is 23.7 Å². The van der Waals surface area contributed by atoms with Crippen molar-refractivity contribution < 1.29 is 14.3 Å². The molecule has 4 rings (SSSR count).